The third kappa shape index (κ3) is 4.12. The Morgan fingerprint density at radius 2 is 2.21 bits per heavy atom. The number of nitrogens with zero attached hydrogens (tertiary/aromatic N) is 1. The van der Waals surface area contributed by atoms with E-state index in [-0.39, 0.29) is 11.0 Å². The number of fused-ring (bicyclic) bond motifs is 1. The van der Waals surface area contributed by atoms with Crippen LogP contribution in [-0.4, -0.2) is 32.5 Å². The number of benzene rings is 1. The summed E-state index contributed by atoms with van der Waals surface area (Å²) in [6, 6.07) is 8.08. The Kier molecular flexibility index (Phi) is 5.54. The molecular formula is C19H19N3O4S3. The summed E-state index contributed by atoms with van der Waals surface area (Å²) in [4.78, 5) is 18.4. The highest BCUT2D eigenvalue weighted by molar-refractivity contribution is 7.90. The average Bonchev–Trinajstić information content (AvgIpc) is 3.34. The van der Waals surface area contributed by atoms with Gasteiger partial charge in [-0.3, -0.25) is 4.79 Å². The summed E-state index contributed by atoms with van der Waals surface area (Å²) in [5, 5.41) is 2.62. The van der Waals surface area contributed by atoms with Crippen LogP contribution in [0.3, 0.4) is 0 Å². The fourth-order valence-corrected chi connectivity index (χ4v) is 6.08. The van der Waals surface area contributed by atoms with Gasteiger partial charge >= 0.3 is 0 Å². The van der Waals surface area contributed by atoms with E-state index in [0.717, 1.165) is 21.1 Å². The summed E-state index contributed by atoms with van der Waals surface area (Å²) in [5.41, 5.74) is 8.15. The van der Waals surface area contributed by atoms with Crippen molar-refractivity contribution in [3.05, 3.63) is 56.7 Å². The number of thiophene rings is 1. The minimum absolute atomic E-state index is 0.0145. The lowest BCUT2D eigenvalue weighted by Gasteiger charge is -2.21. The number of hydrogen-bond acceptors (Lipinski definition) is 8. The van der Waals surface area contributed by atoms with Crippen molar-refractivity contribution in [3.63, 3.8) is 0 Å². The van der Waals surface area contributed by atoms with Gasteiger partial charge in [-0.2, -0.15) is 0 Å². The molecule has 0 radical (unpaired) electrons. The highest BCUT2D eigenvalue weighted by Gasteiger charge is 2.26. The second-order valence-electron chi connectivity index (χ2n) is 6.59. The highest BCUT2D eigenvalue weighted by atomic mass is 32.2. The summed E-state index contributed by atoms with van der Waals surface area (Å²) in [6.07, 6.45) is 0.429. The van der Waals surface area contributed by atoms with E-state index in [1.807, 2.05) is 12.3 Å². The maximum Gasteiger partial charge on any atom is 0.275 e. The summed E-state index contributed by atoms with van der Waals surface area (Å²) in [7, 11) is -4.02. The number of sulfonamides is 1. The maximum atomic E-state index is 12.8. The number of rotatable bonds is 5. The Balaban J connectivity index is 1.58. The van der Waals surface area contributed by atoms with Crippen molar-refractivity contribution in [3.8, 4) is 10.6 Å². The van der Waals surface area contributed by atoms with Gasteiger partial charge in [-0.25, -0.2) is 18.1 Å². The van der Waals surface area contributed by atoms with Gasteiger partial charge in [0, 0.05) is 34.5 Å². The predicted molar refractivity (Wildman–Crippen MR) is 113 cm³/mol. The molecule has 3 heterocycles. The molecule has 1 aliphatic heterocycles. The fraction of sp³-hybridized carbons (Fsp3) is 0.263. The topological polar surface area (TPSA) is 111 Å². The van der Waals surface area contributed by atoms with E-state index < -0.39 is 15.9 Å². The first-order valence-corrected chi connectivity index (χ1v) is 12.1. The van der Waals surface area contributed by atoms with E-state index in [0.29, 0.717) is 30.0 Å². The van der Waals surface area contributed by atoms with Crippen LogP contribution in [0.15, 0.2) is 40.6 Å². The Bertz CT molecular complexity index is 1170. The lowest BCUT2D eigenvalue weighted by molar-refractivity contribution is 0.0498. The number of amides is 1. The van der Waals surface area contributed by atoms with E-state index in [4.69, 9.17) is 10.5 Å². The highest BCUT2D eigenvalue weighted by Crippen LogP contribution is 2.33. The first-order chi connectivity index (χ1) is 13.9. The number of aromatic nitrogens is 1. The Morgan fingerprint density at radius 3 is 2.93 bits per heavy atom. The number of aryl methyl sites for hydroxylation is 1. The van der Waals surface area contributed by atoms with Crippen LogP contribution >= 0.6 is 22.7 Å². The van der Waals surface area contributed by atoms with Crippen LogP contribution in [0.5, 0.6) is 0 Å². The normalized spacial score (nSPS) is 16.4. The zero-order valence-corrected chi connectivity index (χ0v) is 18.0. The Hall–Kier alpha value is -2.11. The van der Waals surface area contributed by atoms with E-state index in [1.165, 1.54) is 34.8 Å². The predicted octanol–water partition coefficient (Wildman–Crippen LogP) is 2.87. The molecule has 0 aliphatic carbocycles. The smallest absolute Gasteiger partial charge is 0.275 e. The minimum Gasteiger partial charge on any atom is -0.372 e. The maximum absolute atomic E-state index is 12.8. The van der Waals surface area contributed by atoms with Crippen LogP contribution in [0.4, 0.5) is 0 Å². The fourth-order valence-electron chi connectivity index (χ4n) is 3.12. The lowest BCUT2D eigenvalue weighted by atomic mass is 10.1. The van der Waals surface area contributed by atoms with E-state index in [9.17, 15) is 13.2 Å². The van der Waals surface area contributed by atoms with Crippen molar-refractivity contribution in [1.29, 1.82) is 0 Å². The molecule has 0 saturated carbocycles. The zero-order chi connectivity index (χ0) is 20.6. The number of carbonyl (C=O) groups is 1. The van der Waals surface area contributed by atoms with Crippen molar-refractivity contribution in [1.82, 2.24) is 9.71 Å². The van der Waals surface area contributed by atoms with Crippen LogP contribution in [0.25, 0.3) is 10.6 Å². The molecule has 1 atom stereocenters. The molecule has 1 aromatic carbocycles. The van der Waals surface area contributed by atoms with Crippen molar-refractivity contribution in [2.45, 2.75) is 24.3 Å². The zero-order valence-electron chi connectivity index (χ0n) is 15.5. The molecule has 1 amide bonds. The van der Waals surface area contributed by atoms with Gasteiger partial charge in [-0.15, -0.1) is 22.7 Å². The van der Waals surface area contributed by atoms with Crippen LogP contribution in [0, 0.1) is 6.92 Å². The molecule has 3 aromatic rings. The van der Waals surface area contributed by atoms with E-state index in [2.05, 4.69) is 9.71 Å². The van der Waals surface area contributed by atoms with Gasteiger partial charge in [0.05, 0.1) is 22.5 Å². The molecule has 10 heteroatoms. The molecule has 0 bridgehead atoms. The first kappa shape index (κ1) is 20.2. The first-order valence-electron chi connectivity index (χ1n) is 8.91. The quantitative estimate of drug-likeness (QED) is 0.620. The summed E-state index contributed by atoms with van der Waals surface area (Å²) in [6.45, 7) is 2.73. The number of nitrogens with two attached hydrogens (primary N) is 1. The van der Waals surface area contributed by atoms with Gasteiger partial charge in [0.2, 0.25) is 0 Å². The van der Waals surface area contributed by atoms with Gasteiger partial charge in [0.1, 0.15) is 5.01 Å². The molecule has 0 saturated heterocycles. The second kappa shape index (κ2) is 7.96. The average molecular weight is 450 g/mol. The van der Waals surface area contributed by atoms with Gasteiger partial charge < -0.3 is 10.5 Å². The van der Waals surface area contributed by atoms with Gasteiger partial charge in [-0.05, 0) is 30.7 Å². The molecule has 0 fully saturated rings. The number of carbonyl (C=O) groups excluding carboxylic acids is 1. The molecule has 0 spiro atoms. The summed E-state index contributed by atoms with van der Waals surface area (Å²) < 4.78 is 33.3. The number of thiazole rings is 1. The molecule has 1 unspecified atom stereocenters. The van der Waals surface area contributed by atoms with Crippen molar-refractivity contribution in [2.24, 2.45) is 5.73 Å². The lowest BCUT2D eigenvalue weighted by Crippen LogP contribution is -2.30. The number of nitrogens with one attached hydrogen (secondary N) is 1. The summed E-state index contributed by atoms with van der Waals surface area (Å²) in [5.74, 6) is -0.657. The second-order valence-corrected chi connectivity index (χ2v) is 10.3. The molecule has 152 valence electrons. The van der Waals surface area contributed by atoms with Crippen LogP contribution in [0.1, 0.15) is 31.9 Å². The van der Waals surface area contributed by atoms with Crippen molar-refractivity contribution >= 4 is 38.6 Å². The van der Waals surface area contributed by atoms with Crippen LogP contribution in [-0.2, 0) is 21.2 Å². The van der Waals surface area contributed by atoms with E-state index >= 15 is 0 Å². The molecule has 3 N–H and O–H groups in total. The number of ether oxygens (including phenoxy) is 1. The van der Waals surface area contributed by atoms with Crippen molar-refractivity contribution < 1.29 is 17.9 Å². The molecule has 29 heavy (non-hydrogen) atoms. The minimum atomic E-state index is -4.02. The third-order valence-corrected chi connectivity index (χ3v) is 8.06. The third-order valence-electron chi connectivity index (χ3n) is 4.51. The van der Waals surface area contributed by atoms with Crippen LogP contribution < -0.4 is 10.5 Å². The molecule has 1 aliphatic rings. The van der Waals surface area contributed by atoms with Gasteiger partial charge in [-0.1, -0.05) is 12.1 Å². The van der Waals surface area contributed by atoms with Gasteiger partial charge in [0.15, 0.2) is 0 Å². The summed E-state index contributed by atoms with van der Waals surface area (Å²) >= 11 is 2.72. The van der Waals surface area contributed by atoms with Crippen molar-refractivity contribution in [2.75, 3.05) is 13.2 Å². The molecule has 2 aromatic heterocycles. The van der Waals surface area contributed by atoms with Crippen LogP contribution in [0.2, 0.25) is 0 Å². The standard InChI is InChI=1S/C19H19N3O4S3/c1-11-10-27-19(21-11)12-3-2-4-13(7-12)29(24,25)22-18(23)17-8-14-15(9-20)26-6-5-16(14)28-17/h2-4,7-8,10,15H,5-6,9,20H2,1H3,(H,22,23). The molecular weight excluding hydrogens is 430 g/mol. The number of hydrogen-bond donors (Lipinski definition) is 2. The van der Waals surface area contributed by atoms with Gasteiger partial charge in [0.25, 0.3) is 15.9 Å². The molecule has 4 rings (SSSR count). The Morgan fingerprint density at radius 1 is 1.38 bits per heavy atom. The largest absolute Gasteiger partial charge is 0.372 e. The SMILES string of the molecule is Cc1csc(-c2cccc(S(=O)(=O)NC(=O)c3cc4c(s3)CCOC4CN)c2)n1. The molecule has 7 nitrogen and oxygen atoms in total. The monoisotopic (exact) mass is 449 g/mol. The Labute approximate surface area is 176 Å². The van der Waals surface area contributed by atoms with E-state index in [1.54, 1.807) is 18.2 Å².